The highest BCUT2D eigenvalue weighted by Gasteiger charge is 2.21. The second kappa shape index (κ2) is 6.16. The van der Waals surface area contributed by atoms with Gasteiger partial charge < -0.3 is 13.7 Å². The van der Waals surface area contributed by atoms with Gasteiger partial charge in [-0.25, -0.2) is 4.39 Å². The first-order chi connectivity index (χ1) is 12.1. The Morgan fingerprint density at radius 1 is 1.12 bits per heavy atom. The zero-order valence-corrected chi connectivity index (χ0v) is 13.4. The van der Waals surface area contributed by atoms with Crippen molar-refractivity contribution >= 4 is 0 Å². The van der Waals surface area contributed by atoms with Crippen molar-refractivity contribution in [3.05, 3.63) is 74.9 Å². The SMILES string of the molecule is O=c1c(=O)n(C2CCC2)ccn1Cc1cc(-c2ccc(F)cc2)on1. The summed E-state index contributed by atoms with van der Waals surface area (Å²) < 4.78 is 21.1. The van der Waals surface area contributed by atoms with Gasteiger partial charge in [-0.3, -0.25) is 9.59 Å². The molecule has 6 nitrogen and oxygen atoms in total. The van der Waals surface area contributed by atoms with Gasteiger partial charge in [0, 0.05) is 30.1 Å². The molecule has 0 spiro atoms. The second-order valence-electron chi connectivity index (χ2n) is 6.22. The summed E-state index contributed by atoms with van der Waals surface area (Å²) in [6.07, 6.45) is 6.23. The number of benzene rings is 1. The first-order valence-corrected chi connectivity index (χ1v) is 8.15. The smallest absolute Gasteiger partial charge is 0.316 e. The monoisotopic (exact) mass is 341 g/mol. The molecule has 1 aliphatic rings. The highest BCUT2D eigenvalue weighted by Crippen LogP contribution is 2.29. The van der Waals surface area contributed by atoms with Crippen LogP contribution in [0.5, 0.6) is 0 Å². The van der Waals surface area contributed by atoms with Gasteiger partial charge in [0.25, 0.3) is 0 Å². The van der Waals surface area contributed by atoms with Crippen LogP contribution in [0.4, 0.5) is 4.39 Å². The minimum atomic E-state index is -0.569. The van der Waals surface area contributed by atoms with E-state index in [1.165, 1.54) is 21.3 Å². The van der Waals surface area contributed by atoms with Gasteiger partial charge in [0.05, 0.1) is 6.54 Å². The number of nitrogens with zero attached hydrogens (tertiary/aromatic N) is 3. The molecule has 1 fully saturated rings. The van der Waals surface area contributed by atoms with Crippen LogP contribution in [0.25, 0.3) is 11.3 Å². The van der Waals surface area contributed by atoms with E-state index in [1.54, 1.807) is 30.6 Å². The highest BCUT2D eigenvalue weighted by molar-refractivity contribution is 5.57. The van der Waals surface area contributed by atoms with Gasteiger partial charge in [-0.2, -0.15) is 0 Å². The van der Waals surface area contributed by atoms with E-state index in [9.17, 15) is 14.0 Å². The standard InChI is InChI=1S/C18H16FN3O3/c19-13-6-4-12(5-7-13)16-10-14(20-25-16)11-21-8-9-22(15-2-1-3-15)18(24)17(21)23/h4-10,15H,1-3,11H2. The van der Waals surface area contributed by atoms with Gasteiger partial charge in [-0.05, 0) is 43.5 Å². The molecule has 1 aromatic carbocycles. The Morgan fingerprint density at radius 3 is 2.56 bits per heavy atom. The number of halogens is 1. The van der Waals surface area contributed by atoms with Gasteiger partial charge in [0.15, 0.2) is 5.76 Å². The van der Waals surface area contributed by atoms with E-state index in [0.717, 1.165) is 19.3 Å². The van der Waals surface area contributed by atoms with Crippen LogP contribution >= 0.6 is 0 Å². The average Bonchev–Trinajstić information content (AvgIpc) is 3.02. The average molecular weight is 341 g/mol. The van der Waals surface area contributed by atoms with Gasteiger partial charge in [-0.15, -0.1) is 0 Å². The quantitative estimate of drug-likeness (QED) is 0.684. The largest absolute Gasteiger partial charge is 0.356 e. The molecule has 1 saturated carbocycles. The Balaban J connectivity index is 1.58. The van der Waals surface area contributed by atoms with Crippen molar-refractivity contribution in [2.24, 2.45) is 0 Å². The number of hydrogen-bond acceptors (Lipinski definition) is 4. The molecular formula is C18H16FN3O3. The third kappa shape index (κ3) is 2.93. The predicted octanol–water partition coefficient (Wildman–Crippen LogP) is 2.58. The molecule has 1 aliphatic carbocycles. The summed E-state index contributed by atoms with van der Waals surface area (Å²) in [5.74, 6) is 0.146. The van der Waals surface area contributed by atoms with Crippen molar-refractivity contribution in [1.82, 2.24) is 14.3 Å². The normalized spacial score (nSPS) is 14.4. The predicted molar refractivity (Wildman–Crippen MR) is 88.8 cm³/mol. The van der Waals surface area contributed by atoms with Crippen LogP contribution in [-0.4, -0.2) is 14.3 Å². The van der Waals surface area contributed by atoms with E-state index in [4.69, 9.17) is 4.52 Å². The van der Waals surface area contributed by atoms with Crippen LogP contribution in [0.1, 0.15) is 31.0 Å². The summed E-state index contributed by atoms with van der Waals surface area (Å²) in [7, 11) is 0. The van der Waals surface area contributed by atoms with Crippen molar-refractivity contribution in [2.45, 2.75) is 31.8 Å². The number of hydrogen-bond donors (Lipinski definition) is 0. The van der Waals surface area contributed by atoms with E-state index in [2.05, 4.69) is 5.16 Å². The summed E-state index contributed by atoms with van der Waals surface area (Å²) in [6, 6.07) is 7.67. The molecule has 2 heterocycles. The Hall–Kier alpha value is -2.96. The molecule has 4 rings (SSSR count). The highest BCUT2D eigenvalue weighted by atomic mass is 19.1. The Bertz CT molecular complexity index is 1010. The molecule has 2 aromatic heterocycles. The van der Waals surface area contributed by atoms with Crippen LogP contribution in [-0.2, 0) is 6.54 Å². The van der Waals surface area contributed by atoms with Crippen molar-refractivity contribution in [3.8, 4) is 11.3 Å². The van der Waals surface area contributed by atoms with Gasteiger partial charge in [0.2, 0.25) is 0 Å². The summed E-state index contributed by atoms with van der Waals surface area (Å²) in [5, 5.41) is 3.93. The third-order valence-corrected chi connectivity index (χ3v) is 4.57. The van der Waals surface area contributed by atoms with Crippen molar-refractivity contribution in [1.29, 1.82) is 0 Å². The molecule has 128 valence electrons. The van der Waals surface area contributed by atoms with E-state index >= 15 is 0 Å². The molecule has 0 unspecified atom stereocenters. The number of aromatic nitrogens is 3. The Labute approximate surface area is 142 Å². The van der Waals surface area contributed by atoms with E-state index in [-0.39, 0.29) is 18.4 Å². The lowest BCUT2D eigenvalue weighted by Gasteiger charge is -2.27. The lowest BCUT2D eigenvalue weighted by atomic mass is 9.93. The zero-order valence-electron chi connectivity index (χ0n) is 13.4. The summed E-state index contributed by atoms with van der Waals surface area (Å²) in [4.78, 5) is 24.5. The molecule has 0 N–H and O–H groups in total. The fraction of sp³-hybridized carbons (Fsp3) is 0.278. The van der Waals surface area contributed by atoms with Crippen LogP contribution in [0.2, 0.25) is 0 Å². The van der Waals surface area contributed by atoms with E-state index in [1.807, 2.05) is 0 Å². The third-order valence-electron chi connectivity index (χ3n) is 4.57. The number of rotatable bonds is 4. The zero-order chi connectivity index (χ0) is 17.4. The van der Waals surface area contributed by atoms with Crippen LogP contribution in [0.15, 0.2) is 56.8 Å². The summed E-state index contributed by atoms with van der Waals surface area (Å²) in [6.45, 7) is 0.143. The molecule has 0 bridgehead atoms. The second-order valence-corrected chi connectivity index (χ2v) is 6.22. The van der Waals surface area contributed by atoms with Crippen LogP contribution < -0.4 is 11.1 Å². The molecule has 0 saturated heterocycles. The molecule has 0 radical (unpaired) electrons. The van der Waals surface area contributed by atoms with Crippen molar-refractivity contribution in [3.63, 3.8) is 0 Å². The van der Waals surface area contributed by atoms with E-state index < -0.39 is 11.1 Å². The maximum Gasteiger partial charge on any atom is 0.316 e. The first kappa shape index (κ1) is 15.6. The Morgan fingerprint density at radius 2 is 1.88 bits per heavy atom. The summed E-state index contributed by atoms with van der Waals surface area (Å²) in [5.41, 5.74) is 0.130. The van der Waals surface area contributed by atoms with Crippen LogP contribution in [0.3, 0.4) is 0 Å². The molecule has 7 heteroatoms. The minimum absolute atomic E-state index is 0.143. The van der Waals surface area contributed by atoms with Gasteiger partial charge in [0.1, 0.15) is 11.5 Å². The molecule has 0 atom stereocenters. The van der Waals surface area contributed by atoms with Gasteiger partial charge in [-0.1, -0.05) is 5.16 Å². The van der Waals surface area contributed by atoms with Crippen LogP contribution in [0, 0.1) is 5.82 Å². The fourth-order valence-electron chi connectivity index (χ4n) is 2.91. The summed E-state index contributed by atoms with van der Waals surface area (Å²) >= 11 is 0. The van der Waals surface area contributed by atoms with Gasteiger partial charge >= 0.3 is 11.1 Å². The Kier molecular flexibility index (Phi) is 3.83. The molecule has 0 amide bonds. The maximum atomic E-state index is 13.0. The first-order valence-electron chi connectivity index (χ1n) is 8.15. The van der Waals surface area contributed by atoms with E-state index in [0.29, 0.717) is 17.0 Å². The maximum absolute atomic E-state index is 13.0. The topological polar surface area (TPSA) is 70.0 Å². The molecular weight excluding hydrogens is 325 g/mol. The minimum Gasteiger partial charge on any atom is -0.356 e. The lowest BCUT2D eigenvalue weighted by molar-refractivity contribution is 0.302. The van der Waals surface area contributed by atoms with Crippen molar-refractivity contribution < 1.29 is 8.91 Å². The molecule has 0 aliphatic heterocycles. The fourth-order valence-corrected chi connectivity index (χ4v) is 2.91. The lowest BCUT2D eigenvalue weighted by Crippen LogP contribution is -2.43. The molecule has 3 aromatic rings. The van der Waals surface area contributed by atoms with Crippen molar-refractivity contribution in [2.75, 3.05) is 0 Å². The molecule has 25 heavy (non-hydrogen) atoms.